The normalized spacial score (nSPS) is 15.4. The predicted molar refractivity (Wildman–Crippen MR) is 176 cm³/mol. The Hall–Kier alpha value is -4.75. The maximum absolute atomic E-state index is 12.5. The molecule has 2 aromatic heterocycles. The Bertz CT molecular complexity index is 1860. The second-order valence-corrected chi connectivity index (χ2v) is 14.3. The molecule has 5 rings (SSSR count). The minimum absolute atomic E-state index is 0.0504. The summed E-state index contributed by atoms with van der Waals surface area (Å²) in [6.45, 7) is 9.87. The molecule has 0 unspecified atom stereocenters. The lowest BCUT2D eigenvalue weighted by atomic mass is 9.98. The molecule has 1 fully saturated rings. The second-order valence-electron chi connectivity index (χ2n) is 12.3. The van der Waals surface area contributed by atoms with Crippen LogP contribution in [0.4, 0.5) is 17.3 Å². The van der Waals surface area contributed by atoms with E-state index in [9.17, 15) is 18.0 Å². The summed E-state index contributed by atoms with van der Waals surface area (Å²) in [4.78, 5) is 33.6. The average molecular weight is 647 g/mol. The number of amides is 1. The van der Waals surface area contributed by atoms with Crippen molar-refractivity contribution in [2.24, 2.45) is 11.3 Å². The highest BCUT2D eigenvalue weighted by molar-refractivity contribution is 7.88. The quantitative estimate of drug-likeness (QED) is 0.160. The maximum atomic E-state index is 12.5. The van der Waals surface area contributed by atoms with E-state index in [1.165, 1.54) is 16.6 Å². The lowest BCUT2D eigenvalue weighted by Gasteiger charge is -2.17. The molecule has 1 aliphatic heterocycles. The number of aromatic nitrogens is 3. The first-order chi connectivity index (χ1) is 21.8. The number of rotatable bonds is 11. The zero-order chi connectivity index (χ0) is 33.1. The lowest BCUT2D eigenvalue weighted by molar-refractivity contribution is -0.156. The summed E-state index contributed by atoms with van der Waals surface area (Å²) < 4.78 is 38.8. The van der Waals surface area contributed by atoms with Crippen molar-refractivity contribution < 1.29 is 27.5 Å². The van der Waals surface area contributed by atoms with Crippen LogP contribution < -0.4 is 15.4 Å². The summed E-state index contributed by atoms with van der Waals surface area (Å²) in [6, 6.07) is 16.5. The monoisotopic (exact) mass is 646 g/mol. The summed E-state index contributed by atoms with van der Waals surface area (Å²) in [6.07, 6.45) is 5.79. The number of nitrogens with zero attached hydrogens (tertiary/aromatic N) is 4. The molecule has 2 N–H and O–H groups in total. The fraction of sp³-hybridized carbons (Fsp3) is 0.333. The van der Waals surface area contributed by atoms with Crippen molar-refractivity contribution in [1.29, 1.82) is 0 Å². The van der Waals surface area contributed by atoms with Crippen molar-refractivity contribution in [3.8, 4) is 11.6 Å². The van der Waals surface area contributed by atoms with Crippen molar-refractivity contribution in [1.82, 2.24) is 18.8 Å². The molecule has 1 amide bonds. The van der Waals surface area contributed by atoms with Crippen LogP contribution in [0.3, 0.4) is 0 Å². The van der Waals surface area contributed by atoms with E-state index in [4.69, 9.17) is 14.5 Å². The minimum Gasteiger partial charge on any atom is -0.443 e. The van der Waals surface area contributed by atoms with E-state index in [-0.39, 0.29) is 36.4 Å². The van der Waals surface area contributed by atoms with Crippen molar-refractivity contribution in [3.63, 3.8) is 0 Å². The molecule has 0 bridgehead atoms. The molecule has 12 nitrogen and oxygen atoms in total. The molecule has 4 aromatic rings. The van der Waals surface area contributed by atoms with Crippen molar-refractivity contribution in [2.75, 3.05) is 30.0 Å². The Morgan fingerprint density at radius 3 is 2.52 bits per heavy atom. The SMILES string of the molecule is C=CC(=O)Nc1cccc(Oc2nc(Nc3ccc(C[C@H]4CCN(S(C)(=O)=O)C4)cc3)nc3c2ccn3COC(=O)C(C)(C)C)c1. The van der Waals surface area contributed by atoms with Gasteiger partial charge in [-0.3, -0.25) is 14.2 Å². The van der Waals surface area contributed by atoms with Crippen LogP contribution in [0.25, 0.3) is 11.0 Å². The summed E-state index contributed by atoms with van der Waals surface area (Å²) >= 11 is 0. The predicted octanol–water partition coefficient (Wildman–Crippen LogP) is 5.46. The van der Waals surface area contributed by atoms with Crippen molar-refractivity contribution in [2.45, 2.75) is 40.3 Å². The Morgan fingerprint density at radius 1 is 1.09 bits per heavy atom. The molecule has 13 heteroatoms. The third kappa shape index (κ3) is 8.09. The van der Waals surface area contributed by atoms with Gasteiger partial charge in [0.2, 0.25) is 27.8 Å². The molecule has 3 heterocycles. The molecule has 2 aromatic carbocycles. The van der Waals surface area contributed by atoms with Crippen LogP contribution in [0.15, 0.2) is 73.4 Å². The highest BCUT2D eigenvalue weighted by atomic mass is 32.2. The molecule has 0 spiro atoms. The van der Waals surface area contributed by atoms with Crippen molar-refractivity contribution in [3.05, 3.63) is 79.0 Å². The molecular weight excluding hydrogens is 608 g/mol. The van der Waals surface area contributed by atoms with Gasteiger partial charge in [-0.05, 0) is 81.5 Å². The van der Waals surface area contributed by atoms with Gasteiger partial charge in [0.25, 0.3) is 0 Å². The minimum atomic E-state index is -3.18. The van der Waals surface area contributed by atoms with Gasteiger partial charge in [-0.25, -0.2) is 12.7 Å². The Morgan fingerprint density at radius 2 is 1.85 bits per heavy atom. The van der Waals surface area contributed by atoms with Crippen molar-refractivity contribution >= 4 is 50.3 Å². The highest BCUT2D eigenvalue weighted by Crippen LogP contribution is 2.32. The van der Waals surface area contributed by atoms with Gasteiger partial charge in [-0.2, -0.15) is 9.97 Å². The maximum Gasteiger partial charge on any atom is 0.312 e. The van der Waals surface area contributed by atoms with E-state index in [1.54, 1.807) is 61.9 Å². The number of carbonyl (C=O) groups excluding carboxylic acids is 2. The van der Waals surface area contributed by atoms with Gasteiger partial charge >= 0.3 is 5.97 Å². The van der Waals surface area contributed by atoms with Gasteiger partial charge in [-0.1, -0.05) is 24.8 Å². The first kappa shape index (κ1) is 32.6. The topological polar surface area (TPSA) is 145 Å². The molecular formula is C33H38N6O6S. The number of anilines is 3. The summed E-state index contributed by atoms with van der Waals surface area (Å²) in [7, 11) is -3.18. The summed E-state index contributed by atoms with van der Waals surface area (Å²) in [5.41, 5.74) is 2.19. The number of nitrogens with one attached hydrogen (secondary N) is 2. The largest absolute Gasteiger partial charge is 0.443 e. The number of hydrogen-bond donors (Lipinski definition) is 2. The number of benzene rings is 2. The fourth-order valence-corrected chi connectivity index (χ4v) is 5.93. The van der Waals surface area contributed by atoms with Crippen LogP contribution >= 0.6 is 0 Å². The van der Waals surface area contributed by atoms with Gasteiger partial charge < -0.3 is 20.1 Å². The van der Waals surface area contributed by atoms with E-state index in [0.717, 1.165) is 24.1 Å². The number of carbonyl (C=O) groups is 2. The number of ether oxygens (including phenoxy) is 2. The average Bonchev–Trinajstić information content (AvgIpc) is 3.64. The van der Waals surface area contributed by atoms with Gasteiger partial charge in [-0.15, -0.1) is 0 Å². The van der Waals surface area contributed by atoms with E-state index in [0.29, 0.717) is 35.6 Å². The third-order valence-corrected chi connectivity index (χ3v) is 8.75. The third-order valence-electron chi connectivity index (χ3n) is 7.48. The number of hydrogen-bond acceptors (Lipinski definition) is 9. The second kappa shape index (κ2) is 13.3. The van der Waals surface area contributed by atoms with Crippen LogP contribution in [0.5, 0.6) is 11.6 Å². The summed E-state index contributed by atoms with van der Waals surface area (Å²) in [5, 5.41) is 6.55. The highest BCUT2D eigenvalue weighted by Gasteiger charge is 2.28. The Balaban J connectivity index is 1.39. The number of fused-ring (bicyclic) bond motifs is 1. The Kier molecular flexibility index (Phi) is 9.44. The summed E-state index contributed by atoms with van der Waals surface area (Å²) in [5.74, 6) is 0.522. The van der Waals surface area contributed by atoms with Gasteiger partial charge in [0.15, 0.2) is 12.4 Å². The van der Waals surface area contributed by atoms with Crippen LogP contribution in [-0.4, -0.2) is 58.5 Å². The zero-order valence-electron chi connectivity index (χ0n) is 26.3. The standard InChI is InChI=1S/C33H38N6O6S/c1-6-28(40)34-25-8-7-9-26(19-25)45-30-27-15-16-38(21-44-31(41)33(2,3)4)29(27)36-32(37-30)35-24-12-10-22(11-13-24)18-23-14-17-39(20-23)46(5,42)43/h6-13,15-16,19,23H,1,14,17-18,20-21H2,2-5H3,(H,34,40)(H,35,36,37)/t23-/m1/s1. The first-order valence-corrected chi connectivity index (χ1v) is 16.7. The number of esters is 1. The van der Waals surface area contributed by atoms with E-state index in [2.05, 4.69) is 22.2 Å². The molecule has 0 aliphatic carbocycles. The van der Waals surface area contributed by atoms with Crippen LogP contribution in [0.1, 0.15) is 32.8 Å². The smallest absolute Gasteiger partial charge is 0.312 e. The molecule has 46 heavy (non-hydrogen) atoms. The zero-order valence-corrected chi connectivity index (χ0v) is 27.1. The fourth-order valence-electron chi connectivity index (χ4n) is 5.01. The van der Waals surface area contributed by atoms with Gasteiger partial charge in [0.05, 0.1) is 17.1 Å². The number of sulfonamides is 1. The molecule has 1 saturated heterocycles. The van der Waals surface area contributed by atoms with Gasteiger partial charge in [0.1, 0.15) is 5.75 Å². The van der Waals surface area contributed by atoms with Crippen LogP contribution in [0.2, 0.25) is 0 Å². The van der Waals surface area contributed by atoms with Gasteiger partial charge in [0, 0.05) is 36.7 Å². The Labute approximate surface area is 268 Å². The van der Waals surface area contributed by atoms with Crippen LogP contribution in [-0.2, 0) is 37.5 Å². The van der Waals surface area contributed by atoms with Crippen LogP contribution in [0, 0.1) is 11.3 Å². The van der Waals surface area contributed by atoms with E-state index in [1.807, 2.05) is 24.3 Å². The molecule has 242 valence electrons. The molecule has 0 saturated carbocycles. The molecule has 1 aliphatic rings. The molecule has 1 atom stereocenters. The molecule has 0 radical (unpaired) electrons. The van der Waals surface area contributed by atoms with E-state index < -0.39 is 15.4 Å². The van der Waals surface area contributed by atoms with E-state index >= 15 is 0 Å². The first-order valence-electron chi connectivity index (χ1n) is 14.8. The lowest BCUT2D eigenvalue weighted by Crippen LogP contribution is -2.27.